The Morgan fingerprint density at radius 1 is 1.24 bits per heavy atom. The number of halogens is 1. The molecule has 1 aliphatic carbocycles. The molecule has 1 heterocycles. The van der Waals surface area contributed by atoms with Crippen molar-refractivity contribution in [2.75, 3.05) is 20.2 Å². The number of piperidine rings is 1. The lowest BCUT2D eigenvalue weighted by Gasteiger charge is -2.41. The molecule has 1 amide bonds. The fourth-order valence-corrected chi connectivity index (χ4v) is 3.77. The van der Waals surface area contributed by atoms with E-state index in [1.165, 1.54) is 0 Å². The summed E-state index contributed by atoms with van der Waals surface area (Å²) in [5.41, 5.74) is -1.81. The first-order valence-corrected chi connectivity index (χ1v) is 8.73. The van der Waals surface area contributed by atoms with Crippen LogP contribution >= 0.6 is 0 Å². The van der Waals surface area contributed by atoms with Crippen molar-refractivity contribution in [3.63, 3.8) is 0 Å². The van der Waals surface area contributed by atoms with Gasteiger partial charge in [0.25, 0.3) is 0 Å². The van der Waals surface area contributed by atoms with Crippen molar-refractivity contribution in [2.45, 2.75) is 44.2 Å². The molecule has 1 saturated carbocycles. The second kappa shape index (κ2) is 6.65. The van der Waals surface area contributed by atoms with Crippen LogP contribution < -0.4 is 4.74 Å². The summed E-state index contributed by atoms with van der Waals surface area (Å²) in [7, 11) is 1.55. The van der Waals surface area contributed by atoms with Crippen molar-refractivity contribution in [3.8, 4) is 5.75 Å². The van der Waals surface area contributed by atoms with Crippen molar-refractivity contribution < 1.29 is 23.8 Å². The van der Waals surface area contributed by atoms with Gasteiger partial charge in [0.1, 0.15) is 11.4 Å². The highest BCUT2D eigenvalue weighted by Crippen LogP contribution is 2.45. The Kier molecular flexibility index (Phi) is 4.71. The third-order valence-electron chi connectivity index (χ3n) is 5.75. The summed E-state index contributed by atoms with van der Waals surface area (Å²) in [4.78, 5) is 25.5. The number of rotatable bonds is 5. The van der Waals surface area contributed by atoms with Crippen LogP contribution in [0.2, 0.25) is 0 Å². The molecule has 3 rings (SSSR count). The fraction of sp³-hybridized carbons (Fsp3) is 0.579. The van der Waals surface area contributed by atoms with Gasteiger partial charge in [-0.15, -0.1) is 0 Å². The molecule has 1 aromatic rings. The Morgan fingerprint density at radius 3 is 2.44 bits per heavy atom. The molecule has 1 N–H and O–H groups in total. The number of nitrogens with zero attached hydrogens (tertiary/aromatic N) is 1. The first kappa shape index (κ1) is 17.7. The lowest BCUT2D eigenvalue weighted by Crippen LogP contribution is -2.47. The maximum Gasteiger partial charge on any atom is 0.310 e. The smallest absolute Gasteiger partial charge is 0.310 e. The number of hydrogen-bond acceptors (Lipinski definition) is 3. The molecule has 2 aliphatic rings. The predicted molar refractivity (Wildman–Crippen MR) is 90.1 cm³/mol. The van der Waals surface area contributed by atoms with Crippen LogP contribution in [0.4, 0.5) is 4.39 Å². The summed E-state index contributed by atoms with van der Waals surface area (Å²) in [6.45, 7) is 0.616. The molecule has 0 bridgehead atoms. The van der Waals surface area contributed by atoms with Crippen LogP contribution in [0.5, 0.6) is 5.75 Å². The Balaban J connectivity index is 1.63. The lowest BCUT2D eigenvalue weighted by atomic mass is 9.66. The van der Waals surface area contributed by atoms with E-state index in [1.54, 1.807) is 36.3 Å². The predicted octanol–water partition coefficient (Wildman–Crippen LogP) is 3.13. The number of ether oxygens (including phenoxy) is 1. The number of aliphatic carboxylic acids is 1. The number of carboxylic acid groups (broad SMARTS) is 1. The fourth-order valence-electron chi connectivity index (χ4n) is 3.77. The highest BCUT2D eigenvalue weighted by Gasteiger charge is 2.47. The molecular formula is C19H24FNO4. The van der Waals surface area contributed by atoms with Gasteiger partial charge in [0, 0.05) is 32.4 Å². The lowest BCUT2D eigenvalue weighted by molar-refractivity contribution is -0.160. The minimum Gasteiger partial charge on any atom is -0.497 e. The van der Waals surface area contributed by atoms with Crippen LogP contribution in [0.3, 0.4) is 0 Å². The molecule has 1 saturated heterocycles. The molecule has 2 fully saturated rings. The Morgan fingerprint density at radius 2 is 1.92 bits per heavy atom. The van der Waals surface area contributed by atoms with E-state index in [4.69, 9.17) is 4.74 Å². The SMILES string of the molecule is COc1cccc(C2(F)CCN(C(=O)CC3(C(=O)O)CCC3)CC2)c1. The van der Waals surface area contributed by atoms with Crippen molar-refractivity contribution >= 4 is 11.9 Å². The van der Waals surface area contributed by atoms with Gasteiger partial charge in [0.15, 0.2) is 0 Å². The van der Waals surface area contributed by atoms with Gasteiger partial charge in [-0.3, -0.25) is 9.59 Å². The summed E-state index contributed by atoms with van der Waals surface area (Å²) in [5, 5.41) is 9.37. The molecule has 136 valence electrons. The van der Waals surface area contributed by atoms with Gasteiger partial charge in [-0.05, 0) is 30.5 Å². The van der Waals surface area contributed by atoms with Crippen LogP contribution in [0.15, 0.2) is 24.3 Å². The van der Waals surface area contributed by atoms with Gasteiger partial charge < -0.3 is 14.7 Å². The summed E-state index contributed by atoms with van der Waals surface area (Å²) in [6, 6.07) is 6.98. The van der Waals surface area contributed by atoms with Gasteiger partial charge >= 0.3 is 5.97 Å². The Labute approximate surface area is 146 Å². The van der Waals surface area contributed by atoms with Crippen molar-refractivity contribution in [2.24, 2.45) is 5.41 Å². The van der Waals surface area contributed by atoms with E-state index in [9.17, 15) is 14.7 Å². The van der Waals surface area contributed by atoms with Gasteiger partial charge in [0.2, 0.25) is 5.91 Å². The van der Waals surface area contributed by atoms with E-state index in [-0.39, 0.29) is 25.2 Å². The number of likely N-dealkylation sites (tertiary alicyclic amines) is 1. The average molecular weight is 349 g/mol. The average Bonchev–Trinajstić information content (AvgIpc) is 2.58. The van der Waals surface area contributed by atoms with Crippen molar-refractivity contribution in [3.05, 3.63) is 29.8 Å². The van der Waals surface area contributed by atoms with Gasteiger partial charge in [-0.1, -0.05) is 18.6 Å². The number of alkyl halides is 1. The number of benzene rings is 1. The molecule has 0 unspecified atom stereocenters. The zero-order chi connectivity index (χ0) is 18.1. The maximum absolute atomic E-state index is 15.3. The topological polar surface area (TPSA) is 66.8 Å². The second-order valence-electron chi connectivity index (χ2n) is 7.19. The molecule has 1 aromatic carbocycles. The minimum atomic E-state index is -1.48. The first-order chi connectivity index (χ1) is 11.9. The number of amides is 1. The molecule has 0 aromatic heterocycles. The summed E-state index contributed by atoms with van der Waals surface area (Å²) in [6.07, 6.45) is 2.42. The van der Waals surface area contributed by atoms with Crippen LogP contribution in [-0.4, -0.2) is 42.1 Å². The number of carboxylic acids is 1. The van der Waals surface area contributed by atoms with Gasteiger partial charge in [0.05, 0.1) is 12.5 Å². The normalized spacial score (nSPS) is 21.3. The standard InChI is InChI=1S/C19H24FNO4/c1-25-15-5-2-4-14(12-15)19(20)8-10-21(11-9-19)16(22)13-18(17(23)24)6-3-7-18/h2,4-5,12H,3,6-11,13H2,1H3,(H,23,24). The maximum atomic E-state index is 15.3. The van der Waals surface area contributed by atoms with E-state index < -0.39 is 17.1 Å². The largest absolute Gasteiger partial charge is 0.497 e. The summed E-state index contributed by atoms with van der Waals surface area (Å²) >= 11 is 0. The van der Waals surface area contributed by atoms with E-state index in [2.05, 4.69) is 0 Å². The van der Waals surface area contributed by atoms with Crippen LogP contribution in [0, 0.1) is 5.41 Å². The molecule has 0 spiro atoms. The monoisotopic (exact) mass is 349 g/mol. The van der Waals surface area contributed by atoms with E-state index in [0.29, 0.717) is 37.2 Å². The third-order valence-corrected chi connectivity index (χ3v) is 5.75. The van der Waals surface area contributed by atoms with Crippen LogP contribution in [-0.2, 0) is 15.3 Å². The molecule has 25 heavy (non-hydrogen) atoms. The number of carbonyl (C=O) groups is 2. The highest BCUT2D eigenvalue weighted by molar-refractivity contribution is 5.85. The van der Waals surface area contributed by atoms with Gasteiger partial charge in [-0.2, -0.15) is 0 Å². The summed E-state index contributed by atoms with van der Waals surface area (Å²) < 4.78 is 20.5. The number of carbonyl (C=O) groups excluding carboxylic acids is 1. The van der Waals surface area contributed by atoms with E-state index in [0.717, 1.165) is 6.42 Å². The molecule has 1 aliphatic heterocycles. The number of methoxy groups -OCH3 is 1. The molecule has 5 nitrogen and oxygen atoms in total. The van der Waals surface area contributed by atoms with Crippen molar-refractivity contribution in [1.29, 1.82) is 0 Å². The molecule has 0 radical (unpaired) electrons. The highest BCUT2D eigenvalue weighted by atomic mass is 19.1. The zero-order valence-electron chi connectivity index (χ0n) is 14.5. The van der Waals surface area contributed by atoms with Crippen molar-refractivity contribution in [1.82, 2.24) is 4.90 Å². The first-order valence-electron chi connectivity index (χ1n) is 8.73. The number of hydrogen-bond donors (Lipinski definition) is 1. The molecular weight excluding hydrogens is 325 g/mol. The van der Waals surface area contributed by atoms with E-state index >= 15 is 4.39 Å². The second-order valence-corrected chi connectivity index (χ2v) is 7.19. The summed E-state index contributed by atoms with van der Waals surface area (Å²) in [5.74, 6) is -0.448. The minimum absolute atomic E-state index is 0.0286. The third kappa shape index (κ3) is 3.34. The van der Waals surface area contributed by atoms with Gasteiger partial charge in [-0.25, -0.2) is 4.39 Å². The quantitative estimate of drug-likeness (QED) is 0.887. The molecule has 6 heteroatoms. The zero-order valence-corrected chi connectivity index (χ0v) is 14.5. The van der Waals surface area contributed by atoms with Crippen LogP contribution in [0.1, 0.15) is 44.1 Å². The van der Waals surface area contributed by atoms with E-state index in [1.807, 2.05) is 0 Å². The van der Waals surface area contributed by atoms with Crippen LogP contribution in [0.25, 0.3) is 0 Å². The Hall–Kier alpha value is -2.11. The Bertz CT molecular complexity index is 663. The molecule has 0 atom stereocenters.